The van der Waals surface area contributed by atoms with Crippen LogP contribution in [0.5, 0.6) is 0 Å². The second-order valence-corrected chi connectivity index (χ2v) is 5.84. The normalized spacial score (nSPS) is 18.3. The lowest BCUT2D eigenvalue weighted by Gasteiger charge is -2.11. The first-order valence-corrected chi connectivity index (χ1v) is 7.66. The molecule has 4 heteroatoms. The topological polar surface area (TPSA) is 49.9 Å². The number of ether oxygens (including phenoxy) is 1. The Bertz CT molecular complexity index is 600. The van der Waals surface area contributed by atoms with Gasteiger partial charge in [-0.15, -0.1) is 0 Å². The molecule has 1 aromatic carbocycles. The van der Waals surface area contributed by atoms with Gasteiger partial charge in [0.25, 0.3) is 0 Å². The molecule has 21 heavy (non-hydrogen) atoms. The Labute approximate surface area is 125 Å². The SMILES string of the molecule is Cc1ccc(-c2[nH]ncc2CNCC2CCCO2)cc1C. The molecule has 1 unspecified atom stereocenters. The van der Waals surface area contributed by atoms with Crippen molar-refractivity contribution in [2.75, 3.05) is 13.2 Å². The monoisotopic (exact) mass is 285 g/mol. The lowest BCUT2D eigenvalue weighted by molar-refractivity contribution is 0.110. The van der Waals surface area contributed by atoms with E-state index in [2.05, 4.69) is 47.6 Å². The zero-order valence-corrected chi connectivity index (χ0v) is 12.8. The first kappa shape index (κ1) is 14.3. The third kappa shape index (κ3) is 3.34. The number of H-pyrrole nitrogens is 1. The molecule has 1 atom stereocenters. The maximum Gasteiger partial charge on any atom is 0.0700 e. The van der Waals surface area contributed by atoms with Crippen molar-refractivity contribution in [3.8, 4) is 11.3 Å². The smallest absolute Gasteiger partial charge is 0.0700 e. The quantitative estimate of drug-likeness (QED) is 0.888. The Balaban J connectivity index is 1.66. The van der Waals surface area contributed by atoms with Crippen LogP contribution in [0.4, 0.5) is 0 Å². The first-order chi connectivity index (χ1) is 10.2. The summed E-state index contributed by atoms with van der Waals surface area (Å²) in [5.74, 6) is 0. The number of aromatic amines is 1. The van der Waals surface area contributed by atoms with Crippen molar-refractivity contribution in [3.63, 3.8) is 0 Å². The fourth-order valence-corrected chi connectivity index (χ4v) is 2.77. The van der Waals surface area contributed by atoms with Crippen LogP contribution in [0.15, 0.2) is 24.4 Å². The molecule has 1 aromatic heterocycles. The van der Waals surface area contributed by atoms with E-state index in [1.54, 1.807) is 0 Å². The van der Waals surface area contributed by atoms with Gasteiger partial charge in [-0.3, -0.25) is 5.10 Å². The molecule has 2 aromatic rings. The first-order valence-electron chi connectivity index (χ1n) is 7.66. The van der Waals surface area contributed by atoms with Crippen molar-refractivity contribution in [1.82, 2.24) is 15.5 Å². The van der Waals surface area contributed by atoms with Gasteiger partial charge in [0.05, 0.1) is 18.0 Å². The molecule has 4 nitrogen and oxygen atoms in total. The summed E-state index contributed by atoms with van der Waals surface area (Å²) in [6.45, 7) is 6.92. The standard InChI is InChI=1S/C17H23N3O/c1-12-5-6-14(8-13(12)2)17-15(10-19-20-17)9-18-11-16-4-3-7-21-16/h5-6,8,10,16,18H,3-4,7,9,11H2,1-2H3,(H,19,20). The van der Waals surface area contributed by atoms with Crippen LogP contribution in [0.2, 0.25) is 0 Å². The average molecular weight is 285 g/mol. The molecule has 0 spiro atoms. The van der Waals surface area contributed by atoms with E-state index >= 15 is 0 Å². The van der Waals surface area contributed by atoms with Crippen LogP contribution < -0.4 is 5.32 Å². The van der Waals surface area contributed by atoms with Crippen molar-refractivity contribution >= 4 is 0 Å². The van der Waals surface area contributed by atoms with E-state index in [9.17, 15) is 0 Å². The van der Waals surface area contributed by atoms with Crippen molar-refractivity contribution < 1.29 is 4.74 Å². The zero-order valence-electron chi connectivity index (χ0n) is 12.8. The van der Waals surface area contributed by atoms with E-state index in [-0.39, 0.29) is 0 Å². The summed E-state index contributed by atoms with van der Waals surface area (Å²) >= 11 is 0. The molecule has 2 N–H and O–H groups in total. The summed E-state index contributed by atoms with van der Waals surface area (Å²) < 4.78 is 5.63. The minimum Gasteiger partial charge on any atom is -0.377 e. The Morgan fingerprint density at radius 2 is 2.24 bits per heavy atom. The van der Waals surface area contributed by atoms with Crippen LogP contribution in [0, 0.1) is 13.8 Å². The highest BCUT2D eigenvalue weighted by Crippen LogP contribution is 2.23. The predicted molar refractivity (Wildman–Crippen MR) is 84.2 cm³/mol. The minimum absolute atomic E-state index is 0.377. The van der Waals surface area contributed by atoms with E-state index in [1.165, 1.54) is 35.1 Å². The summed E-state index contributed by atoms with van der Waals surface area (Å²) in [6, 6.07) is 6.53. The molecular weight excluding hydrogens is 262 g/mol. The molecule has 0 radical (unpaired) electrons. The molecule has 0 aliphatic carbocycles. The molecule has 0 amide bonds. The summed E-state index contributed by atoms with van der Waals surface area (Å²) in [5.41, 5.74) is 6.13. The number of nitrogens with zero attached hydrogens (tertiary/aromatic N) is 1. The van der Waals surface area contributed by atoms with Gasteiger partial charge in [-0.1, -0.05) is 12.1 Å². The van der Waals surface area contributed by atoms with E-state index in [0.717, 1.165) is 25.4 Å². The summed E-state index contributed by atoms with van der Waals surface area (Å²) in [7, 11) is 0. The number of benzene rings is 1. The van der Waals surface area contributed by atoms with E-state index in [1.807, 2.05) is 6.20 Å². The second kappa shape index (κ2) is 6.41. The highest BCUT2D eigenvalue weighted by molar-refractivity contribution is 5.64. The Morgan fingerprint density at radius 1 is 1.33 bits per heavy atom. The predicted octanol–water partition coefficient (Wildman–Crippen LogP) is 2.96. The Morgan fingerprint density at radius 3 is 3.00 bits per heavy atom. The summed E-state index contributed by atoms with van der Waals surface area (Å²) in [6.07, 6.45) is 4.64. The Kier molecular flexibility index (Phi) is 4.36. The summed E-state index contributed by atoms with van der Waals surface area (Å²) in [5, 5.41) is 10.8. The number of hydrogen-bond acceptors (Lipinski definition) is 3. The number of aryl methyl sites for hydroxylation is 2. The zero-order chi connectivity index (χ0) is 14.7. The van der Waals surface area contributed by atoms with Gasteiger partial charge in [0.2, 0.25) is 0 Å². The molecule has 0 bridgehead atoms. The molecule has 1 saturated heterocycles. The van der Waals surface area contributed by atoms with Crippen LogP contribution in [-0.2, 0) is 11.3 Å². The van der Waals surface area contributed by atoms with Crippen LogP contribution in [0.25, 0.3) is 11.3 Å². The highest BCUT2D eigenvalue weighted by atomic mass is 16.5. The van der Waals surface area contributed by atoms with Gasteiger partial charge in [0.1, 0.15) is 0 Å². The Hall–Kier alpha value is -1.65. The van der Waals surface area contributed by atoms with Crippen molar-refractivity contribution in [2.24, 2.45) is 0 Å². The van der Waals surface area contributed by atoms with Crippen molar-refractivity contribution in [3.05, 3.63) is 41.1 Å². The van der Waals surface area contributed by atoms with Crippen LogP contribution in [-0.4, -0.2) is 29.5 Å². The van der Waals surface area contributed by atoms with Crippen molar-refractivity contribution in [2.45, 2.75) is 39.3 Å². The number of nitrogens with one attached hydrogen (secondary N) is 2. The molecule has 1 aliphatic rings. The molecule has 0 saturated carbocycles. The number of aromatic nitrogens is 2. The van der Waals surface area contributed by atoms with Gasteiger partial charge < -0.3 is 10.1 Å². The maximum absolute atomic E-state index is 5.63. The van der Waals surface area contributed by atoms with Gasteiger partial charge in [-0.2, -0.15) is 5.10 Å². The average Bonchev–Trinajstić information content (AvgIpc) is 3.13. The van der Waals surface area contributed by atoms with Gasteiger partial charge in [0.15, 0.2) is 0 Å². The third-order valence-corrected chi connectivity index (χ3v) is 4.22. The second-order valence-electron chi connectivity index (χ2n) is 5.84. The fraction of sp³-hybridized carbons (Fsp3) is 0.471. The highest BCUT2D eigenvalue weighted by Gasteiger charge is 2.15. The molecule has 3 rings (SSSR count). The number of hydrogen-bond donors (Lipinski definition) is 2. The molecule has 1 aliphatic heterocycles. The maximum atomic E-state index is 5.63. The van der Waals surface area contributed by atoms with Crippen LogP contribution in [0.1, 0.15) is 29.5 Å². The number of rotatable bonds is 5. The molecular formula is C17H23N3O. The fourth-order valence-electron chi connectivity index (χ4n) is 2.77. The molecule has 1 fully saturated rings. The van der Waals surface area contributed by atoms with E-state index in [4.69, 9.17) is 4.74 Å². The molecule has 112 valence electrons. The third-order valence-electron chi connectivity index (χ3n) is 4.22. The lowest BCUT2D eigenvalue weighted by Crippen LogP contribution is -2.25. The van der Waals surface area contributed by atoms with Gasteiger partial charge >= 0.3 is 0 Å². The van der Waals surface area contributed by atoms with E-state index < -0.39 is 0 Å². The van der Waals surface area contributed by atoms with Crippen LogP contribution in [0.3, 0.4) is 0 Å². The molecule has 2 heterocycles. The van der Waals surface area contributed by atoms with Crippen molar-refractivity contribution in [1.29, 1.82) is 0 Å². The van der Waals surface area contributed by atoms with E-state index in [0.29, 0.717) is 6.10 Å². The van der Waals surface area contributed by atoms with Gasteiger partial charge in [-0.25, -0.2) is 0 Å². The van der Waals surface area contributed by atoms with Gasteiger partial charge in [0, 0.05) is 30.8 Å². The van der Waals surface area contributed by atoms with Crippen LogP contribution >= 0.6 is 0 Å². The largest absolute Gasteiger partial charge is 0.377 e. The minimum atomic E-state index is 0.377. The summed E-state index contributed by atoms with van der Waals surface area (Å²) in [4.78, 5) is 0. The van der Waals surface area contributed by atoms with Gasteiger partial charge in [-0.05, 0) is 43.9 Å². The lowest BCUT2D eigenvalue weighted by atomic mass is 10.0.